The third kappa shape index (κ3) is 4.50. The Morgan fingerprint density at radius 3 is 2.70 bits per heavy atom. The van der Waals surface area contributed by atoms with Crippen LogP contribution in [0, 0.1) is 25.6 Å². The average molecular weight is 476 g/mol. The van der Waals surface area contributed by atoms with Crippen LogP contribution >= 0.6 is 0 Å². The van der Waals surface area contributed by atoms with Crippen LogP contribution in [0.4, 0.5) is 10.1 Å². The van der Waals surface area contributed by atoms with E-state index in [2.05, 4.69) is 21.7 Å². The van der Waals surface area contributed by atoms with Crippen LogP contribution in [0.25, 0.3) is 5.65 Å². The van der Waals surface area contributed by atoms with Gasteiger partial charge in [-0.15, -0.1) is 0 Å². The van der Waals surface area contributed by atoms with Crippen LogP contribution < -0.4 is 10.3 Å². The predicted octanol–water partition coefficient (Wildman–Crippen LogP) is 2.76. The van der Waals surface area contributed by atoms with Gasteiger partial charge < -0.3 is 9.88 Å². The second-order valence-corrected chi connectivity index (χ2v) is 10.5. The van der Waals surface area contributed by atoms with Gasteiger partial charge in [-0.3, -0.25) is 14.3 Å². The highest BCUT2D eigenvalue weighted by Gasteiger charge is 2.34. The van der Waals surface area contributed by atoms with E-state index >= 15 is 0 Å². The van der Waals surface area contributed by atoms with E-state index in [-0.39, 0.29) is 16.8 Å². The molecule has 0 bridgehead atoms. The highest BCUT2D eigenvalue weighted by atomic mass is 32.2. The number of H-pyrrole nitrogens is 1. The summed E-state index contributed by atoms with van der Waals surface area (Å²) in [5, 5.41) is 4.49. The summed E-state index contributed by atoms with van der Waals surface area (Å²) >= 11 is 0. The van der Waals surface area contributed by atoms with E-state index in [0.717, 1.165) is 30.5 Å². The van der Waals surface area contributed by atoms with Crippen LogP contribution in [0.5, 0.6) is 0 Å². The molecule has 0 radical (unpaired) electrons. The fourth-order valence-electron chi connectivity index (χ4n) is 4.21. The molecular formula is C22H26FN5O4S. The van der Waals surface area contributed by atoms with E-state index in [4.69, 9.17) is 0 Å². The lowest BCUT2D eigenvalue weighted by molar-refractivity contribution is 0.0552. The van der Waals surface area contributed by atoms with Crippen LogP contribution in [-0.4, -0.2) is 46.6 Å². The number of sulfonamides is 1. The van der Waals surface area contributed by atoms with E-state index in [1.165, 1.54) is 10.6 Å². The van der Waals surface area contributed by atoms with Crippen LogP contribution in [0.1, 0.15) is 53.1 Å². The molecule has 3 aromatic rings. The molecule has 1 aliphatic rings. The molecule has 1 amide bonds. The standard InChI is InChI=1S/C22H26FN5O4S/c1-12-7-8-27(22(30)16-10-15(23)5-6-17(16)26-33(4,31)32)19(9-12)18-11-20-24-14(3)13(2)21(29)28(20)25-18/h5-6,10-12,19,24,26H,7-9H2,1-4H3/t12-,19-/m0/s1. The zero-order chi connectivity index (χ0) is 24.1. The molecule has 1 aliphatic heterocycles. The number of likely N-dealkylation sites (tertiary alicyclic amines) is 1. The van der Waals surface area contributed by atoms with Gasteiger partial charge in [0.2, 0.25) is 10.0 Å². The average Bonchev–Trinajstić information content (AvgIpc) is 3.16. The predicted molar refractivity (Wildman–Crippen MR) is 122 cm³/mol. The lowest BCUT2D eigenvalue weighted by atomic mass is 9.90. The Hall–Kier alpha value is -3.21. The molecule has 0 unspecified atom stereocenters. The number of piperidine rings is 1. The first-order valence-corrected chi connectivity index (χ1v) is 12.5. The Kier molecular flexibility index (Phi) is 5.77. The summed E-state index contributed by atoms with van der Waals surface area (Å²) in [6.45, 7) is 5.98. The van der Waals surface area contributed by atoms with Gasteiger partial charge in [0.15, 0.2) is 0 Å². The molecule has 2 atom stereocenters. The van der Waals surface area contributed by atoms with Crippen molar-refractivity contribution in [1.82, 2.24) is 19.5 Å². The number of rotatable bonds is 4. The number of halogens is 1. The van der Waals surface area contributed by atoms with Crippen LogP contribution in [-0.2, 0) is 10.0 Å². The topological polar surface area (TPSA) is 117 Å². The summed E-state index contributed by atoms with van der Waals surface area (Å²) in [7, 11) is -3.68. The first-order valence-electron chi connectivity index (χ1n) is 10.6. The van der Waals surface area contributed by atoms with Gasteiger partial charge in [-0.05, 0) is 50.8 Å². The molecule has 0 saturated carbocycles. The zero-order valence-corrected chi connectivity index (χ0v) is 19.7. The molecule has 2 N–H and O–H groups in total. The summed E-state index contributed by atoms with van der Waals surface area (Å²) in [5.41, 5.74) is 2.05. The summed E-state index contributed by atoms with van der Waals surface area (Å²) in [5.74, 6) is -0.860. The smallest absolute Gasteiger partial charge is 0.277 e. The van der Waals surface area contributed by atoms with Gasteiger partial charge in [0.25, 0.3) is 11.5 Å². The molecule has 0 aliphatic carbocycles. The zero-order valence-electron chi connectivity index (χ0n) is 18.8. The summed E-state index contributed by atoms with van der Waals surface area (Å²) < 4.78 is 41.2. The number of carbonyl (C=O) groups is 1. The van der Waals surface area contributed by atoms with Crippen molar-refractivity contribution in [2.24, 2.45) is 5.92 Å². The van der Waals surface area contributed by atoms with Crippen molar-refractivity contribution in [2.45, 2.75) is 39.7 Å². The van der Waals surface area contributed by atoms with E-state index < -0.39 is 27.8 Å². The number of aryl methyl sites for hydroxylation is 1. The molecule has 176 valence electrons. The molecule has 11 heteroatoms. The number of nitrogens with zero attached hydrogens (tertiary/aromatic N) is 3. The third-order valence-electron chi connectivity index (χ3n) is 6.09. The number of fused-ring (bicyclic) bond motifs is 1. The van der Waals surface area contributed by atoms with Crippen LogP contribution in [0.3, 0.4) is 0 Å². The SMILES string of the molecule is Cc1[nH]c2cc([C@@H]3C[C@@H](C)CCN3C(=O)c3cc(F)ccc3NS(C)(=O)=O)nn2c(=O)c1C. The summed E-state index contributed by atoms with van der Waals surface area (Å²) in [6, 6.07) is 4.66. The van der Waals surface area contributed by atoms with E-state index in [9.17, 15) is 22.4 Å². The number of nitrogens with one attached hydrogen (secondary N) is 2. The molecule has 2 aromatic heterocycles. The monoisotopic (exact) mass is 475 g/mol. The van der Waals surface area contributed by atoms with Crippen molar-refractivity contribution >= 4 is 27.3 Å². The van der Waals surface area contributed by atoms with Crippen molar-refractivity contribution in [1.29, 1.82) is 0 Å². The van der Waals surface area contributed by atoms with Gasteiger partial charge in [0.05, 0.1) is 29.2 Å². The van der Waals surface area contributed by atoms with E-state index in [1.54, 1.807) is 17.9 Å². The maximum atomic E-state index is 14.0. The van der Waals surface area contributed by atoms with Crippen LogP contribution in [0.15, 0.2) is 29.1 Å². The first-order chi connectivity index (χ1) is 15.4. The minimum Gasteiger partial charge on any atom is -0.343 e. The summed E-state index contributed by atoms with van der Waals surface area (Å²) in [4.78, 5) is 31.0. The highest BCUT2D eigenvalue weighted by Crippen LogP contribution is 2.35. The highest BCUT2D eigenvalue weighted by molar-refractivity contribution is 7.92. The van der Waals surface area contributed by atoms with E-state index in [0.29, 0.717) is 35.8 Å². The van der Waals surface area contributed by atoms with Gasteiger partial charge in [-0.25, -0.2) is 12.8 Å². The number of hydrogen-bond donors (Lipinski definition) is 2. The van der Waals surface area contributed by atoms with Gasteiger partial charge in [0, 0.05) is 23.9 Å². The molecule has 33 heavy (non-hydrogen) atoms. The number of carbonyl (C=O) groups excluding carboxylic acids is 1. The first kappa shape index (κ1) is 23.0. The number of anilines is 1. The van der Waals surface area contributed by atoms with Gasteiger partial charge in [0.1, 0.15) is 11.5 Å². The Morgan fingerprint density at radius 1 is 1.27 bits per heavy atom. The molecule has 4 rings (SSSR count). The van der Waals surface area contributed by atoms with E-state index in [1.807, 2.05) is 6.92 Å². The van der Waals surface area contributed by atoms with Crippen molar-refractivity contribution in [3.05, 3.63) is 63.0 Å². The number of aromatic amines is 1. The molecule has 1 fully saturated rings. The molecule has 1 saturated heterocycles. The fourth-order valence-corrected chi connectivity index (χ4v) is 4.79. The lowest BCUT2D eigenvalue weighted by Crippen LogP contribution is -2.41. The number of benzene rings is 1. The number of aromatic nitrogens is 3. The van der Waals surface area contributed by atoms with Crippen molar-refractivity contribution in [2.75, 3.05) is 17.5 Å². The number of hydrogen-bond acceptors (Lipinski definition) is 5. The molecule has 9 nitrogen and oxygen atoms in total. The maximum absolute atomic E-state index is 14.0. The van der Waals surface area contributed by atoms with Crippen LogP contribution in [0.2, 0.25) is 0 Å². The second-order valence-electron chi connectivity index (χ2n) is 8.75. The third-order valence-corrected chi connectivity index (χ3v) is 6.68. The second kappa shape index (κ2) is 8.29. The molecule has 3 heterocycles. The maximum Gasteiger partial charge on any atom is 0.277 e. The Balaban J connectivity index is 1.78. The van der Waals surface area contributed by atoms with Crippen molar-refractivity contribution < 1.29 is 17.6 Å². The lowest BCUT2D eigenvalue weighted by Gasteiger charge is -2.38. The number of amides is 1. The Labute approximate surface area is 190 Å². The van der Waals surface area contributed by atoms with Crippen molar-refractivity contribution in [3.63, 3.8) is 0 Å². The fraction of sp³-hybridized carbons (Fsp3) is 0.409. The molecule has 0 spiro atoms. The minimum absolute atomic E-state index is 0.0118. The largest absolute Gasteiger partial charge is 0.343 e. The Bertz CT molecular complexity index is 1410. The molecular weight excluding hydrogens is 449 g/mol. The van der Waals surface area contributed by atoms with Crippen molar-refractivity contribution in [3.8, 4) is 0 Å². The van der Waals surface area contributed by atoms with Gasteiger partial charge in [-0.2, -0.15) is 9.61 Å². The summed E-state index contributed by atoms with van der Waals surface area (Å²) in [6.07, 6.45) is 2.30. The van der Waals surface area contributed by atoms with Gasteiger partial charge in [-0.1, -0.05) is 6.92 Å². The molecule has 1 aromatic carbocycles. The normalized spacial score (nSPS) is 19.1. The van der Waals surface area contributed by atoms with Gasteiger partial charge >= 0.3 is 0 Å². The minimum atomic E-state index is -3.68. The Morgan fingerprint density at radius 2 is 2.00 bits per heavy atom. The quantitative estimate of drug-likeness (QED) is 0.602.